The SMILES string of the molecule is O=C(CSc1nnnn1C1CCCC1)NCC(=O)NC1CC1. The lowest BCUT2D eigenvalue weighted by Crippen LogP contribution is -2.38. The summed E-state index contributed by atoms with van der Waals surface area (Å²) in [6, 6.07) is 0.666. The average molecular weight is 324 g/mol. The number of carbonyl (C=O) groups is 2. The number of nitrogens with zero attached hydrogens (tertiary/aromatic N) is 4. The molecule has 0 spiro atoms. The van der Waals surface area contributed by atoms with Gasteiger partial charge in [-0.25, -0.2) is 4.68 Å². The highest BCUT2D eigenvalue weighted by Gasteiger charge is 2.24. The monoisotopic (exact) mass is 324 g/mol. The third-order valence-corrected chi connectivity index (χ3v) is 4.79. The number of amides is 2. The van der Waals surface area contributed by atoms with Crippen LogP contribution in [0.2, 0.25) is 0 Å². The van der Waals surface area contributed by atoms with Gasteiger partial charge >= 0.3 is 0 Å². The molecule has 0 saturated heterocycles. The molecule has 1 heterocycles. The van der Waals surface area contributed by atoms with Crippen molar-refractivity contribution in [1.82, 2.24) is 30.8 Å². The van der Waals surface area contributed by atoms with Crippen LogP contribution in [0.1, 0.15) is 44.6 Å². The smallest absolute Gasteiger partial charge is 0.239 e. The van der Waals surface area contributed by atoms with Crippen molar-refractivity contribution in [3.8, 4) is 0 Å². The second kappa shape index (κ2) is 7.08. The average Bonchev–Trinajstić information content (AvgIpc) is 3.00. The maximum absolute atomic E-state index is 11.8. The van der Waals surface area contributed by atoms with Crippen molar-refractivity contribution >= 4 is 23.6 Å². The molecule has 0 aromatic carbocycles. The topological polar surface area (TPSA) is 102 Å². The van der Waals surface area contributed by atoms with Gasteiger partial charge in [0.1, 0.15) is 0 Å². The summed E-state index contributed by atoms with van der Waals surface area (Å²) >= 11 is 1.31. The third kappa shape index (κ3) is 4.19. The summed E-state index contributed by atoms with van der Waals surface area (Å²) in [5, 5.41) is 17.8. The Labute approximate surface area is 132 Å². The second-order valence-corrected chi connectivity index (χ2v) is 6.69. The van der Waals surface area contributed by atoms with E-state index in [2.05, 4.69) is 26.2 Å². The van der Waals surface area contributed by atoms with Crippen molar-refractivity contribution < 1.29 is 9.59 Å². The number of nitrogens with one attached hydrogen (secondary N) is 2. The standard InChI is InChI=1S/C13H20N6O2S/c20-11(15-9-5-6-9)7-14-12(21)8-22-13-16-17-18-19(13)10-3-1-2-4-10/h9-10H,1-8H2,(H,14,21)(H,15,20). The van der Waals surface area contributed by atoms with E-state index in [9.17, 15) is 9.59 Å². The maximum Gasteiger partial charge on any atom is 0.239 e. The van der Waals surface area contributed by atoms with Gasteiger partial charge in [-0.15, -0.1) is 5.10 Å². The molecular weight excluding hydrogens is 304 g/mol. The number of carbonyl (C=O) groups excluding carboxylic acids is 2. The van der Waals surface area contributed by atoms with Gasteiger partial charge in [-0.05, 0) is 36.1 Å². The minimum atomic E-state index is -0.183. The number of rotatable bonds is 7. The first-order chi connectivity index (χ1) is 10.7. The van der Waals surface area contributed by atoms with Gasteiger partial charge in [-0.2, -0.15) is 0 Å². The van der Waals surface area contributed by atoms with Crippen molar-refractivity contribution in [2.24, 2.45) is 0 Å². The molecule has 9 heteroatoms. The van der Waals surface area contributed by atoms with Crippen LogP contribution in [0.5, 0.6) is 0 Å². The predicted octanol–water partition coefficient (Wildman–Crippen LogP) is 0.275. The zero-order valence-electron chi connectivity index (χ0n) is 12.3. The van der Waals surface area contributed by atoms with E-state index in [0.717, 1.165) is 25.7 Å². The summed E-state index contributed by atoms with van der Waals surface area (Å²) in [7, 11) is 0. The zero-order chi connectivity index (χ0) is 15.4. The number of tetrazole rings is 1. The molecule has 2 fully saturated rings. The lowest BCUT2D eigenvalue weighted by Gasteiger charge is -2.10. The Morgan fingerprint density at radius 3 is 2.68 bits per heavy atom. The molecule has 0 radical (unpaired) electrons. The molecule has 120 valence electrons. The summed E-state index contributed by atoms with van der Waals surface area (Å²) in [5.41, 5.74) is 0. The first-order valence-corrected chi connectivity index (χ1v) is 8.67. The summed E-state index contributed by atoms with van der Waals surface area (Å²) < 4.78 is 1.82. The van der Waals surface area contributed by atoms with Gasteiger partial charge in [-0.3, -0.25) is 9.59 Å². The third-order valence-electron chi connectivity index (χ3n) is 3.85. The van der Waals surface area contributed by atoms with E-state index in [1.807, 2.05) is 4.68 Å². The van der Waals surface area contributed by atoms with Crippen LogP contribution >= 0.6 is 11.8 Å². The molecular formula is C13H20N6O2S. The zero-order valence-corrected chi connectivity index (χ0v) is 13.1. The van der Waals surface area contributed by atoms with E-state index in [1.165, 1.54) is 24.6 Å². The Morgan fingerprint density at radius 1 is 1.18 bits per heavy atom. The molecule has 1 aromatic rings. The predicted molar refractivity (Wildman–Crippen MR) is 80.2 cm³/mol. The number of thioether (sulfide) groups is 1. The van der Waals surface area contributed by atoms with Crippen LogP contribution in [-0.4, -0.2) is 50.4 Å². The highest BCUT2D eigenvalue weighted by molar-refractivity contribution is 7.99. The van der Waals surface area contributed by atoms with Crippen LogP contribution in [-0.2, 0) is 9.59 Å². The largest absolute Gasteiger partial charge is 0.352 e. The number of aromatic nitrogens is 4. The Balaban J connectivity index is 1.40. The highest BCUT2D eigenvalue weighted by atomic mass is 32.2. The molecule has 0 unspecified atom stereocenters. The van der Waals surface area contributed by atoms with E-state index in [-0.39, 0.29) is 24.1 Å². The van der Waals surface area contributed by atoms with Crippen LogP contribution in [0.25, 0.3) is 0 Å². The van der Waals surface area contributed by atoms with Gasteiger partial charge in [-0.1, -0.05) is 24.6 Å². The Morgan fingerprint density at radius 2 is 1.95 bits per heavy atom. The van der Waals surface area contributed by atoms with Crippen LogP contribution in [0, 0.1) is 0 Å². The first kappa shape index (κ1) is 15.3. The quantitative estimate of drug-likeness (QED) is 0.698. The molecule has 22 heavy (non-hydrogen) atoms. The van der Waals surface area contributed by atoms with Crippen molar-refractivity contribution in [1.29, 1.82) is 0 Å². The van der Waals surface area contributed by atoms with Gasteiger partial charge in [0.05, 0.1) is 18.3 Å². The molecule has 0 bridgehead atoms. The summed E-state index contributed by atoms with van der Waals surface area (Å²) in [6.45, 7) is 0.0312. The van der Waals surface area contributed by atoms with Crippen LogP contribution in [0.3, 0.4) is 0 Å². The maximum atomic E-state index is 11.8. The van der Waals surface area contributed by atoms with Gasteiger partial charge in [0.25, 0.3) is 0 Å². The summed E-state index contributed by atoms with van der Waals surface area (Å²) in [5.74, 6) is -0.0994. The molecule has 0 atom stereocenters. The Hall–Kier alpha value is -1.64. The molecule has 2 amide bonds. The van der Waals surface area contributed by atoms with Crippen molar-refractivity contribution in [2.75, 3.05) is 12.3 Å². The lowest BCUT2D eigenvalue weighted by atomic mass is 10.3. The molecule has 1 aromatic heterocycles. The van der Waals surface area contributed by atoms with Crippen molar-refractivity contribution in [3.05, 3.63) is 0 Å². The summed E-state index contributed by atoms with van der Waals surface area (Å²) in [4.78, 5) is 23.3. The van der Waals surface area contributed by atoms with Gasteiger partial charge in [0.15, 0.2) is 0 Å². The Kier molecular flexibility index (Phi) is 4.91. The van der Waals surface area contributed by atoms with Gasteiger partial charge < -0.3 is 10.6 Å². The van der Waals surface area contributed by atoms with E-state index in [4.69, 9.17) is 0 Å². The molecule has 2 N–H and O–H groups in total. The van der Waals surface area contributed by atoms with Crippen LogP contribution < -0.4 is 10.6 Å². The minimum Gasteiger partial charge on any atom is -0.352 e. The van der Waals surface area contributed by atoms with Crippen molar-refractivity contribution in [2.45, 2.75) is 55.8 Å². The molecule has 0 aliphatic heterocycles. The lowest BCUT2D eigenvalue weighted by molar-refractivity contribution is -0.124. The van der Waals surface area contributed by atoms with Crippen molar-refractivity contribution in [3.63, 3.8) is 0 Å². The van der Waals surface area contributed by atoms with Crippen LogP contribution in [0.15, 0.2) is 5.16 Å². The van der Waals surface area contributed by atoms with Gasteiger partial charge in [0, 0.05) is 6.04 Å². The molecule has 2 aliphatic carbocycles. The molecule has 2 aliphatic rings. The fraction of sp³-hybridized carbons (Fsp3) is 0.769. The van der Waals surface area contributed by atoms with E-state index in [1.54, 1.807) is 0 Å². The summed E-state index contributed by atoms with van der Waals surface area (Å²) in [6.07, 6.45) is 6.66. The number of hydrogen-bond acceptors (Lipinski definition) is 6. The highest BCUT2D eigenvalue weighted by Crippen LogP contribution is 2.31. The van der Waals surface area contributed by atoms with E-state index < -0.39 is 0 Å². The van der Waals surface area contributed by atoms with E-state index >= 15 is 0 Å². The normalized spacial score (nSPS) is 18.4. The fourth-order valence-corrected chi connectivity index (χ4v) is 3.30. The van der Waals surface area contributed by atoms with Crippen LogP contribution in [0.4, 0.5) is 0 Å². The fourth-order valence-electron chi connectivity index (χ4n) is 2.52. The molecule has 8 nitrogen and oxygen atoms in total. The second-order valence-electron chi connectivity index (χ2n) is 5.75. The first-order valence-electron chi connectivity index (χ1n) is 7.69. The molecule has 2 saturated carbocycles. The number of hydrogen-bond donors (Lipinski definition) is 2. The minimum absolute atomic E-state index is 0.0312. The Bertz CT molecular complexity index is 538. The molecule has 3 rings (SSSR count). The van der Waals surface area contributed by atoms with E-state index in [0.29, 0.717) is 17.2 Å². The van der Waals surface area contributed by atoms with Gasteiger partial charge in [0.2, 0.25) is 17.0 Å².